The van der Waals surface area contributed by atoms with Crippen LogP contribution in [0.1, 0.15) is 69.4 Å². The van der Waals surface area contributed by atoms with Gasteiger partial charge in [0.1, 0.15) is 23.8 Å². The first-order valence-corrected chi connectivity index (χ1v) is 16.9. The van der Waals surface area contributed by atoms with E-state index < -0.39 is 0 Å². The number of rotatable bonds is 8. The highest BCUT2D eigenvalue weighted by molar-refractivity contribution is 7.92. The molecule has 2 aromatic carbocycles. The van der Waals surface area contributed by atoms with E-state index in [1.807, 2.05) is 29.6 Å². The van der Waals surface area contributed by atoms with Crippen molar-refractivity contribution in [3.05, 3.63) is 59.4 Å². The molecule has 0 spiro atoms. The number of halogens is 1. The minimum Gasteiger partial charge on any atom is -0.409 e. The summed E-state index contributed by atoms with van der Waals surface area (Å²) in [5.74, 6) is 2.23. The van der Waals surface area contributed by atoms with Crippen LogP contribution in [0.25, 0.3) is 0 Å². The number of carbonyl (C=O) groups is 1. The molecule has 3 heterocycles. The third kappa shape index (κ3) is 6.70. The van der Waals surface area contributed by atoms with Crippen molar-refractivity contribution in [2.45, 2.75) is 70.3 Å². The molecule has 0 bridgehead atoms. The Balaban J connectivity index is 0.00000368. The van der Waals surface area contributed by atoms with Crippen molar-refractivity contribution in [1.82, 2.24) is 14.5 Å². The Morgan fingerprint density at radius 3 is 2.35 bits per heavy atom. The molecule has 236 valence electrons. The largest absolute Gasteiger partial charge is 0.409 e. The normalized spacial score (nSPS) is 23.7. The molecule has 1 atom stereocenters. The summed E-state index contributed by atoms with van der Waals surface area (Å²) in [5.41, 5.74) is 3.18. The van der Waals surface area contributed by atoms with Crippen molar-refractivity contribution in [3.63, 3.8) is 0 Å². The van der Waals surface area contributed by atoms with Crippen molar-refractivity contribution in [3.8, 4) is 5.75 Å². The maximum absolute atomic E-state index is 15.0. The number of amides is 1. The number of likely N-dealkylation sites (tertiary alicyclic amines) is 1. The monoisotopic (exact) mass is 628 g/mol. The molecule has 0 radical (unpaired) electrons. The van der Waals surface area contributed by atoms with E-state index in [4.69, 9.17) is 4.18 Å². The lowest BCUT2D eigenvalue weighted by Crippen LogP contribution is -2.59. The van der Waals surface area contributed by atoms with Gasteiger partial charge in [-0.1, -0.05) is 31.9 Å². The highest BCUT2D eigenvalue weighted by Gasteiger charge is 2.50. The molecule has 6 rings (SSSR count). The second-order valence-corrected chi connectivity index (χ2v) is 13.7. The van der Waals surface area contributed by atoms with Gasteiger partial charge in [0.05, 0.1) is 0 Å². The van der Waals surface area contributed by atoms with Crippen LogP contribution in [0.2, 0.25) is 0 Å². The fourth-order valence-electron chi connectivity index (χ4n) is 8.20. The van der Waals surface area contributed by atoms with Crippen LogP contribution in [-0.2, 0) is 16.8 Å². The number of fused-ring (bicyclic) bond motifs is 1. The van der Waals surface area contributed by atoms with Gasteiger partial charge in [-0.3, -0.25) is 4.79 Å². The average molecular weight is 629 g/mol. The predicted octanol–water partition coefficient (Wildman–Crippen LogP) is 6.52. The third-order valence-electron chi connectivity index (χ3n) is 10.6. The number of hydrogen-bond donors (Lipinski definition) is 1. The van der Waals surface area contributed by atoms with Crippen LogP contribution >= 0.6 is 25.7 Å². The van der Waals surface area contributed by atoms with Gasteiger partial charge in [-0.25, -0.2) is 8.70 Å². The van der Waals surface area contributed by atoms with Crippen molar-refractivity contribution in [2.75, 3.05) is 51.2 Å². The summed E-state index contributed by atoms with van der Waals surface area (Å²) in [6.45, 7) is 7.29. The zero-order valence-electron chi connectivity index (χ0n) is 25.8. The number of carbonyl (C=O) groups excluding carboxylic acids is 1. The number of piperidine rings is 2. The van der Waals surface area contributed by atoms with Gasteiger partial charge in [0, 0.05) is 63.5 Å². The summed E-state index contributed by atoms with van der Waals surface area (Å²) in [7, 11) is 2.01. The Labute approximate surface area is 268 Å². The fourth-order valence-corrected chi connectivity index (χ4v) is 8.63. The molecule has 2 saturated heterocycles. The maximum atomic E-state index is 15.0. The second-order valence-electron chi connectivity index (χ2n) is 12.7. The van der Waals surface area contributed by atoms with Crippen LogP contribution in [-0.4, -0.2) is 61.4 Å². The molecular formula is C34H49FN4O2S2. The SMILES string of the molecule is CCN(C)SOc1ccc(N2CCC(C(=O)N3CCC(C4(C5CCCC5)NCCc5c(F)cccc54)CC3)CC2)cc1.S. The van der Waals surface area contributed by atoms with Crippen LogP contribution in [0.3, 0.4) is 0 Å². The summed E-state index contributed by atoms with van der Waals surface area (Å²) in [6.07, 6.45) is 9.50. The van der Waals surface area contributed by atoms with Crippen molar-refractivity contribution < 1.29 is 13.4 Å². The zero-order valence-corrected chi connectivity index (χ0v) is 27.6. The smallest absolute Gasteiger partial charge is 0.225 e. The minimum absolute atomic E-state index is 0. The van der Waals surface area contributed by atoms with Crippen LogP contribution in [0.4, 0.5) is 10.1 Å². The first kappa shape index (κ1) is 32.5. The van der Waals surface area contributed by atoms with Crippen molar-refractivity contribution in [1.29, 1.82) is 0 Å². The van der Waals surface area contributed by atoms with Gasteiger partial charge < -0.3 is 19.3 Å². The first-order chi connectivity index (χ1) is 20.5. The van der Waals surface area contributed by atoms with Gasteiger partial charge in [0.2, 0.25) is 5.91 Å². The molecule has 43 heavy (non-hydrogen) atoms. The van der Waals surface area contributed by atoms with Gasteiger partial charge in [0.15, 0.2) is 0 Å². The molecule has 1 N–H and O–H groups in total. The van der Waals surface area contributed by atoms with E-state index in [0.717, 1.165) is 82.7 Å². The van der Waals surface area contributed by atoms with E-state index >= 15 is 0 Å². The van der Waals surface area contributed by atoms with Crippen LogP contribution in [0, 0.1) is 23.6 Å². The topological polar surface area (TPSA) is 48.1 Å². The molecule has 2 aromatic rings. The van der Waals surface area contributed by atoms with Gasteiger partial charge in [-0.15, -0.1) is 0 Å². The Bertz CT molecular complexity index is 1210. The van der Waals surface area contributed by atoms with E-state index in [-0.39, 0.29) is 30.8 Å². The zero-order chi connectivity index (χ0) is 29.1. The summed E-state index contributed by atoms with van der Waals surface area (Å²) >= 11 is 1.36. The van der Waals surface area contributed by atoms with Crippen molar-refractivity contribution >= 4 is 37.3 Å². The molecule has 1 amide bonds. The lowest BCUT2D eigenvalue weighted by Gasteiger charge is -2.52. The molecule has 3 fully saturated rings. The molecule has 4 aliphatic rings. The fraction of sp³-hybridized carbons (Fsp3) is 0.618. The van der Waals surface area contributed by atoms with Gasteiger partial charge in [-0.05, 0) is 98.2 Å². The van der Waals surface area contributed by atoms with Gasteiger partial charge in [-0.2, -0.15) is 13.5 Å². The van der Waals surface area contributed by atoms with Gasteiger partial charge >= 0.3 is 0 Å². The van der Waals surface area contributed by atoms with E-state index in [2.05, 4.69) is 40.2 Å². The minimum atomic E-state index is -0.155. The average Bonchev–Trinajstić information content (AvgIpc) is 3.59. The Morgan fingerprint density at radius 1 is 1.00 bits per heavy atom. The molecule has 0 aromatic heterocycles. The number of hydrogen-bond acceptors (Lipinski definition) is 6. The molecule has 3 aliphatic heterocycles. The Hall–Kier alpha value is -1.94. The quantitative estimate of drug-likeness (QED) is 0.266. The third-order valence-corrected chi connectivity index (χ3v) is 11.3. The van der Waals surface area contributed by atoms with Crippen LogP contribution in [0.15, 0.2) is 42.5 Å². The molecule has 1 unspecified atom stereocenters. The predicted molar refractivity (Wildman–Crippen MR) is 179 cm³/mol. The first-order valence-electron chi connectivity index (χ1n) is 16.2. The lowest BCUT2D eigenvalue weighted by atomic mass is 9.63. The van der Waals surface area contributed by atoms with E-state index in [0.29, 0.717) is 17.7 Å². The molecule has 9 heteroatoms. The van der Waals surface area contributed by atoms with E-state index in [9.17, 15) is 9.18 Å². The van der Waals surface area contributed by atoms with Crippen molar-refractivity contribution in [2.24, 2.45) is 17.8 Å². The van der Waals surface area contributed by atoms with E-state index in [1.165, 1.54) is 49.2 Å². The van der Waals surface area contributed by atoms with Crippen LogP contribution in [0.5, 0.6) is 5.75 Å². The number of benzene rings is 2. The lowest BCUT2D eigenvalue weighted by molar-refractivity contribution is -0.138. The molecule has 1 aliphatic carbocycles. The van der Waals surface area contributed by atoms with Crippen LogP contribution < -0.4 is 14.4 Å². The summed E-state index contributed by atoms with van der Waals surface area (Å²) in [6, 6.07) is 14.0. The Kier molecular flexibility index (Phi) is 10.9. The maximum Gasteiger partial charge on any atom is 0.225 e. The summed E-state index contributed by atoms with van der Waals surface area (Å²) in [5, 5.41) is 3.99. The number of anilines is 1. The highest BCUT2D eigenvalue weighted by atomic mass is 32.2. The number of nitrogens with one attached hydrogen (secondary N) is 1. The molecule has 1 saturated carbocycles. The highest BCUT2D eigenvalue weighted by Crippen LogP contribution is 2.51. The molecular weight excluding hydrogens is 580 g/mol. The van der Waals surface area contributed by atoms with E-state index in [1.54, 1.807) is 6.07 Å². The Morgan fingerprint density at radius 2 is 1.67 bits per heavy atom. The van der Waals surface area contributed by atoms with Gasteiger partial charge in [0.25, 0.3) is 0 Å². The molecule has 6 nitrogen and oxygen atoms in total. The second kappa shape index (κ2) is 14.4. The standard InChI is InChI=1S/C34H47FN4O2S.H2S/c1-3-37(2)42-41-29-13-11-28(12-14-29)38-21-16-25(17-22-38)33(40)39-23-18-27(19-24-39)34(26-7-4-5-8-26)31-9-6-10-32(35)30(31)15-20-36-34;/h6,9-14,25-27,36H,3-5,7-8,15-24H2,1-2H3;1H2. The number of nitrogens with zero attached hydrogens (tertiary/aromatic N) is 3. The summed E-state index contributed by atoms with van der Waals surface area (Å²) in [4.78, 5) is 18.2. The summed E-state index contributed by atoms with van der Waals surface area (Å²) < 4.78 is 22.8.